The number of aromatic hydroxyl groups is 1. The Labute approximate surface area is 243 Å². The molecular formula is C36H52O4. The molecule has 1 aliphatic rings. The number of allylic oxidation sites excluding steroid dienone is 1. The van der Waals surface area contributed by atoms with E-state index in [0.717, 1.165) is 53.9 Å². The maximum absolute atomic E-state index is 12.9. The molecule has 3 rings (SSSR count). The van der Waals surface area contributed by atoms with Crippen LogP contribution in [-0.2, 0) is 6.42 Å². The molecular weight excluding hydrogens is 496 g/mol. The minimum Gasteiger partial charge on any atom is -0.507 e. The van der Waals surface area contributed by atoms with Crippen LogP contribution in [0.2, 0.25) is 0 Å². The van der Waals surface area contributed by atoms with Gasteiger partial charge in [0.2, 0.25) is 0 Å². The summed E-state index contributed by atoms with van der Waals surface area (Å²) in [5, 5.41) is 10.9. The number of carbonyl (C=O) groups is 1. The molecule has 0 radical (unpaired) electrons. The highest BCUT2D eigenvalue weighted by Crippen LogP contribution is 2.42. The Kier molecular flexibility index (Phi) is 12.2. The van der Waals surface area contributed by atoms with Gasteiger partial charge in [-0.15, -0.1) is 0 Å². The van der Waals surface area contributed by atoms with Crippen LogP contribution in [0, 0.1) is 17.8 Å². The maximum atomic E-state index is 12.9. The fourth-order valence-electron chi connectivity index (χ4n) is 5.81. The third kappa shape index (κ3) is 9.71. The molecule has 0 aliphatic carbocycles. The third-order valence-corrected chi connectivity index (χ3v) is 8.58. The summed E-state index contributed by atoms with van der Waals surface area (Å²) in [4.78, 5) is 12.9. The van der Waals surface area contributed by atoms with Crippen molar-refractivity contribution >= 4 is 11.9 Å². The van der Waals surface area contributed by atoms with Crippen molar-refractivity contribution in [3.63, 3.8) is 0 Å². The summed E-state index contributed by atoms with van der Waals surface area (Å²) in [6, 6.07) is 11.0. The SMILES string of the molecule is COc1ccc(/C=C/C(=O)c2ccc3c(c2O)CC[C@](C)(CCC[C@@H](C)CCC[C@H](C)CCCC(C)C)O3)cc1. The number of ether oxygens (including phenoxy) is 2. The Hall–Kier alpha value is -2.75. The Morgan fingerprint density at radius 2 is 1.57 bits per heavy atom. The normalized spacial score (nSPS) is 18.4. The molecule has 220 valence electrons. The lowest BCUT2D eigenvalue weighted by Crippen LogP contribution is -2.36. The summed E-state index contributed by atoms with van der Waals surface area (Å²) in [5.74, 6) is 3.72. The number of hydrogen-bond donors (Lipinski definition) is 1. The van der Waals surface area contributed by atoms with E-state index in [0.29, 0.717) is 17.7 Å². The second-order valence-electron chi connectivity index (χ2n) is 12.8. The molecule has 2 aromatic rings. The van der Waals surface area contributed by atoms with Gasteiger partial charge in [0.25, 0.3) is 0 Å². The Bertz CT molecular complexity index is 1100. The molecule has 0 spiro atoms. The van der Waals surface area contributed by atoms with Crippen molar-refractivity contribution in [1.82, 2.24) is 0 Å². The summed E-state index contributed by atoms with van der Waals surface area (Å²) in [5.41, 5.74) is 1.73. The van der Waals surface area contributed by atoms with E-state index in [2.05, 4.69) is 34.6 Å². The van der Waals surface area contributed by atoms with Gasteiger partial charge in [-0.25, -0.2) is 0 Å². The van der Waals surface area contributed by atoms with Crippen LogP contribution in [0.25, 0.3) is 6.08 Å². The zero-order chi connectivity index (χ0) is 29.1. The van der Waals surface area contributed by atoms with Crippen molar-refractivity contribution in [1.29, 1.82) is 0 Å². The summed E-state index contributed by atoms with van der Waals surface area (Å²) < 4.78 is 11.6. The van der Waals surface area contributed by atoms with E-state index in [9.17, 15) is 9.90 Å². The molecule has 1 N–H and O–H groups in total. The average molecular weight is 549 g/mol. The second kappa shape index (κ2) is 15.3. The highest BCUT2D eigenvalue weighted by molar-refractivity contribution is 6.09. The van der Waals surface area contributed by atoms with E-state index in [1.165, 1.54) is 51.0 Å². The molecule has 4 heteroatoms. The lowest BCUT2D eigenvalue weighted by Gasteiger charge is -2.36. The Morgan fingerprint density at radius 3 is 2.20 bits per heavy atom. The first-order chi connectivity index (χ1) is 19.1. The molecule has 0 bridgehead atoms. The Balaban J connectivity index is 1.45. The number of carbonyl (C=O) groups excluding carboxylic acids is 1. The molecule has 0 amide bonds. The van der Waals surface area contributed by atoms with Gasteiger partial charge in [0.05, 0.1) is 12.7 Å². The van der Waals surface area contributed by atoms with Gasteiger partial charge < -0.3 is 14.6 Å². The molecule has 0 fully saturated rings. The number of ketones is 1. The molecule has 1 aliphatic heterocycles. The van der Waals surface area contributed by atoms with Gasteiger partial charge >= 0.3 is 0 Å². The van der Waals surface area contributed by atoms with Gasteiger partial charge in [-0.2, -0.15) is 0 Å². The van der Waals surface area contributed by atoms with Gasteiger partial charge in [0.15, 0.2) is 5.78 Å². The molecule has 3 atom stereocenters. The lowest BCUT2D eigenvalue weighted by atomic mass is 9.85. The van der Waals surface area contributed by atoms with Crippen molar-refractivity contribution < 1.29 is 19.4 Å². The molecule has 2 aromatic carbocycles. The van der Waals surface area contributed by atoms with Crippen LogP contribution in [0.15, 0.2) is 42.5 Å². The van der Waals surface area contributed by atoms with Gasteiger partial charge in [-0.3, -0.25) is 4.79 Å². The van der Waals surface area contributed by atoms with Crippen molar-refractivity contribution in [2.24, 2.45) is 17.8 Å². The standard InChI is InChI=1S/C36H52O4/c1-26(2)10-7-11-27(3)12-8-13-28(4)14-9-24-36(5)25-23-32-34(40-36)22-20-31(35(32)38)33(37)21-17-29-15-18-30(39-6)19-16-29/h15-22,26-28,38H,7-14,23-25H2,1-6H3/b21-17+/t27-,28+,36+/m1/s1. The van der Waals surface area contributed by atoms with E-state index in [1.54, 1.807) is 19.3 Å². The van der Waals surface area contributed by atoms with E-state index in [4.69, 9.17) is 9.47 Å². The number of rotatable bonds is 16. The third-order valence-electron chi connectivity index (χ3n) is 8.58. The first-order valence-corrected chi connectivity index (χ1v) is 15.5. The molecule has 0 saturated heterocycles. The fourth-order valence-corrected chi connectivity index (χ4v) is 5.81. The zero-order valence-corrected chi connectivity index (χ0v) is 25.8. The summed E-state index contributed by atoms with van der Waals surface area (Å²) in [7, 11) is 1.62. The number of phenolic OH excluding ortho intramolecular Hbond substituents is 1. The number of methoxy groups -OCH3 is 1. The van der Waals surface area contributed by atoms with Crippen LogP contribution in [0.1, 0.15) is 120 Å². The second-order valence-corrected chi connectivity index (χ2v) is 12.8. The largest absolute Gasteiger partial charge is 0.507 e. The molecule has 0 aromatic heterocycles. The van der Waals surface area contributed by atoms with Crippen molar-refractivity contribution in [2.75, 3.05) is 7.11 Å². The predicted octanol–water partition coefficient (Wildman–Crippen LogP) is 9.82. The van der Waals surface area contributed by atoms with E-state index >= 15 is 0 Å². The van der Waals surface area contributed by atoms with Crippen LogP contribution in [0.5, 0.6) is 17.2 Å². The fraction of sp³-hybridized carbons (Fsp3) is 0.583. The smallest absolute Gasteiger partial charge is 0.189 e. The van der Waals surface area contributed by atoms with Gasteiger partial charge in [0.1, 0.15) is 22.8 Å². The number of phenols is 1. The van der Waals surface area contributed by atoms with Crippen molar-refractivity contribution in [3.05, 3.63) is 59.2 Å². The van der Waals surface area contributed by atoms with Crippen LogP contribution in [-0.4, -0.2) is 23.6 Å². The minimum absolute atomic E-state index is 0.0518. The highest BCUT2D eigenvalue weighted by Gasteiger charge is 2.33. The van der Waals surface area contributed by atoms with E-state index in [-0.39, 0.29) is 17.1 Å². The summed E-state index contributed by atoms with van der Waals surface area (Å²) in [6.45, 7) is 11.6. The Morgan fingerprint density at radius 1 is 0.950 bits per heavy atom. The predicted molar refractivity (Wildman–Crippen MR) is 167 cm³/mol. The van der Waals surface area contributed by atoms with Crippen LogP contribution >= 0.6 is 0 Å². The first kappa shape index (κ1) is 31.8. The average Bonchev–Trinajstić information content (AvgIpc) is 2.92. The highest BCUT2D eigenvalue weighted by atomic mass is 16.5. The molecule has 1 heterocycles. The zero-order valence-electron chi connectivity index (χ0n) is 25.8. The lowest BCUT2D eigenvalue weighted by molar-refractivity contribution is 0.0516. The van der Waals surface area contributed by atoms with E-state index < -0.39 is 0 Å². The topological polar surface area (TPSA) is 55.8 Å². The monoisotopic (exact) mass is 548 g/mol. The van der Waals surface area contributed by atoms with Gasteiger partial charge in [-0.05, 0) is 86.3 Å². The van der Waals surface area contributed by atoms with Gasteiger partial charge in [0, 0.05) is 5.56 Å². The number of hydrogen-bond acceptors (Lipinski definition) is 4. The maximum Gasteiger partial charge on any atom is 0.189 e. The quantitative estimate of drug-likeness (QED) is 0.167. The van der Waals surface area contributed by atoms with Crippen molar-refractivity contribution in [3.8, 4) is 17.2 Å². The van der Waals surface area contributed by atoms with Gasteiger partial charge in [-0.1, -0.05) is 90.8 Å². The van der Waals surface area contributed by atoms with E-state index in [1.807, 2.05) is 30.3 Å². The van der Waals surface area contributed by atoms with Crippen molar-refractivity contribution in [2.45, 2.75) is 111 Å². The number of benzene rings is 2. The molecule has 0 saturated carbocycles. The summed E-state index contributed by atoms with van der Waals surface area (Å²) in [6.07, 6.45) is 16.3. The van der Waals surface area contributed by atoms with Crippen LogP contribution < -0.4 is 9.47 Å². The first-order valence-electron chi connectivity index (χ1n) is 15.5. The molecule has 4 nitrogen and oxygen atoms in total. The molecule has 0 unspecified atom stereocenters. The van der Waals surface area contributed by atoms with Crippen LogP contribution in [0.4, 0.5) is 0 Å². The summed E-state index contributed by atoms with van der Waals surface area (Å²) >= 11 is 0. The number of fused-ring (bicyclic) bond motifs is 1. The minimum atomic E-state index is -0.232. The molecule has 40 heavy (non-hydrogen) atoms. The van der Waals surface area contributed by atoms with Crippen LogP contribution in [0.3, 0.4) is 0 Å².